The predicted octanol–water partition coefficient (Wildman–Crippen LogP) is 5.38. The van der Waals surface area contributed by atoms with Crippen molar-refractivity contribution in [3.8, 4) is 0 Å². The molecule has 3 saturated carbocycles. The number of aliphatic hydroxyl groups is 1. The van der Waals surface area contributed by atoms with Gasteiger partial charge in [0.1, 0.15) is 6.10 Å². The number of nitrogens with one attached hydrogen (secondary N) is 1. The van der Waals surface area contributed by atoms with Gasteiger partial charge in [-0.05, 0) is 85.4 Å². The van der Waals surface area contributed by atoms with E-state index in [2.05, 4.69) is 39.1 Å². The van der Waals surface area contributed by atoms with E-state index in [4.69, 9.17) is 9.47 Å². The molecule has 0 radical (unpaired) electrons. The Hall–Kier alpha value is -1.40. The van der Waals surface area contributed by atoms with Gasteiger partial charge in [-0.15, -0.1) is 0 Å². The van der Waals surface area contributed by atoms with Crippen LogP contribution in [0.15, 0.2) is 11.6 Å². The second-order valence-corrected chi connectivity index (χ2v) is 13.9. The Bertz CT molecular complexity index is 948. The molecule has 2 N–H and O–H groups in total. The van der Waals surface area contributed by atoms with Gasteiger partial charge in [-0.25, -0.2) is 0 Å². The minimum Gasteiger partial charge on any atom is -0.462 e. The summed E-state index contributed by atoms with van der Waals surface area (Å²) < 4.78 is 12.2. The molecule has 37 heavy (non-hydrogen) atoms. The summed E-state index contributed by atoms with van der Waals surface area (Å²) in [6, 6.07) is 0. The van der Waals surface area contributed by atoms with Gasteiger partial charge in [-0.1, -0.05) is 39.3 Å². The van der Waals surface area contributed by atoms with Gasteiger partial charge in [-0.3, -0.25) is 9.59 Å². The lowest BCUT2D eigenvalue weighted by Gasteiger charge is -2.58. The van der Waals surface area contributed by atoms with Crippen LogP contribution >= 0.6 is 0 Å². The number of carbonyl (C=O) groups excluding carboxylic acids is 2. The molecule has 5 aliphatic rings. The van der Waals surface area contributed by atoms with Crippen LogP contribution in [0, 0.1) is 46.3 Å². The molecular formula is C31H49NO5. The van der Waals surface area contributed by atoms with E-state index in [1.807, 2.05) is 0 Å². The SMILES string of the molecule is CC(=O)NCC(C)CCC1(O)OC2CC3C4CC=C5C[C@H](OC(C)=O)CC[C@]5(C)C4CC[C@]3(C)C2C1C. The molecule has 4 fully saturated rings. The summed E-state index contributed by atoms with van der Waals surface area (Å²) in [6.07, 6.45) is 11.8. The van der Waals surface area contributed by atoms with Crippen LogP contribution in [0.2, 0.25) is 0 Å². The van der Waals surface area contributed by atoms with Crippen molar-refractivity contribution in [1.82, 2.24) is 5.32 Å². The van der Waals surface area contributed by atoms with Crippen LogP contribution in [-0.4, -0.2) is 41.5 Å². The van der Waals surface area contributed by atoms with Crippen molar-refractivity contribution < 1.29 is 24.2 Å². The first-order chi connectivity index (χ1) is 17.4. The summed E-state index contributed by atoms with van der Waals surface area (Å²) in [6.45, 7) is 13.1. The van der Waals surface area contributed by atoms with Gasteiger partial charge in [0.25, 0.3) is 0 Å². The van der Waals surface area contributed by atoms with E-state index in [0.29, 0.717) is 42.6 Å². The monoisotopic (exact) mass is 515 g/mol. The van der Waals surface area contributed by atoms with Crippen LogP contribution in [0.5, 0.6) is 0 Å². The summed E-state index contributed by atoms with van der Waals surface area (Å²) in [5, 5.41) is 14.6. The highest BCUT2D eigenvalue weighted by Gasteiger charge is 2.67. The Morgan fingerprint density at radius 2 is 1.97 bits per heavy atom. The number of amides is 1. The molecule has 5 rings (SSSR count). The van der Waals surface area contributed by atoms with Gasteiger partial charge in [0.15, 0.2) is 5.79 Å². The fraction of sp³-hybridized carbons (Fsp3) is 0.871. The molecule has 0 aromatic rings. The van der Waals surface area contributed by atoms with Crippen molar-refractivity contribution in [2.45, 2.75) is 117 Å². The smallest absolute Gasteiger partial charge is 0.302 e. The van der Waals surface area contributed by atoms with Crippen molar-refractivity contribution in [3.63, 3.8) is 0 Å². The summed E-state index contributed by atoms with van der Waals surface area (Å²) in [5.74, 6) is 1.58. The molecule has 6 heteroatoms. The average Bonchev–Trinajstić information content (AvgIpc) is 3.26. The predicted molar refractivity (Wildman–Crippen MR) is 142 cm³/mol. The fourth-order valence-corrected chi connectivity index (χ4v) is 9.81. The number of hydrogen-bond donors (Lipinski definition) is 2. The maximum Gasteiger partial charge on any atom is 0.302 e. The normalized spacial score (nSPS) is 47.1. The summed E-state index contributed by atoms with van der Waals surface area (Å²) in [5.41, 5.74) is 1.95. The highest BCUT2D eigenvalue weighted by Crippen LogP contribution is 2.70. The van der Waals surface area contributed by atoms with E-state index in [-0.39, 0.29) is 40.8 Å². The van der Waals surface area contributed by atoms with Gasteiger partial charge in [0.05, 0.1) is 6.10 Å². The number of hydrogen-bond acceptors (Lipinski definition) is 5. The number of fused-ring (bicyclic) bond motifs is 7. The van der Waals surface area contributed by atoms with Crippen molar-refractivity contribution in [3.05, 3.63) is 11.6 Å². The molecule has 4 aliphatic carbocycles. The van der Waals surface area contributed by atoms with Crippen molar-refractivity contribution >= 4 is 11.9 Å². The molecule has 1 heterocycles. The second kappa shape index (κ2) is 9.66. The molecular weight excluding hydrogens is 466 g/mol. The van der Waals surface area contributed by atoms with Gasteiger partial charge < -0.3 is 19.9 Å². The number of ether oxygens (including phenoxy) is 2. The molecule has 1 aliphatic heterocycles. The van der Waals surface area contributed by atoms with E-state index >= 15 is 0 Å². The van der Waals surface area contributed by atoms with Crippen molar-refractivity contribution in [2.75, 3.05) is 6.54 Å². The average molecular weight is 516 g/mol. The van der Waals surface area contributed by atoms with Gasteiger partial charge in [0, 0.05) is 39.2 Å². The van der Waals surface area contributed by atoms with Crippen LogP contribution < -0.4 is 5.32 Å². The largest absolute Gasteiger partial charge is 0.462 e. The van der Waals surface area contributed by atoms with Crippen LogP contribution in [0.3, 0.4) is 0 Å². The lowest BCUT2D eigenvalue weighted by atomic mass is 9.47. The number of carbonyl (C=O) groups is 2. The Kier molecular flexibility index (Phi) is 7.09. The summed E-state index contributed by atoms with van der Waals surface area (Å²) in [7, 11) is 0. The fourth-order valence-electron chi connectivity index (χ4n) is 9.81. The summed E-state index contributed by atoms with van der Waals surface area (Å²) >= 11 is 0. The van der Waals surface area contributed by atoms with Gasteiger partial charge in [0.2, 0.25) is 5.91 Å². The molecule has 0 bridgehead atoms. The lowest BCUT2D eigenvalue weighted by molar-refractivity contribution is -0.220. The molecule has 0 aromatic carbocycles. The topological polar surface area (TPSA) is 84.9 Å². The minimum absolute atomic E-state index is 0.00359. The van der Waals surface area contributed by atoms with E-state index in [0.717, 1.165) is 38.5 Å². The zero-order chi connectivity index (χ0) is 26.8. The van der Waals surface area contributed by atoms with Crippen molar-refractivity contribution in [1.29, 1.82) is 0 Å². The maximum atomic E-state index is 11.7. The molecule has 6 nitrogen and oxygen atoms in total. The van der Waals surface area contributed by atoms with Gasteiger partial charge >= 0.3 is 5.97 Å². The standard InChI is InChI=1S/C31H49NO5/c1-18(17-32-20(3)33)9-14-31(35)19(2)28-27(37-31)16-26-24-8-7-22-15-23(36-21(4)34)10-12-29(22,5)25(24)11-13-30(26,28)6/h7,18-19,23-28,35H,8-17H2,1-6H3,(H,32,33)/t18?,19?,23-,24?,25?,26?,27?,28?,29+,30+,31?/m1/s1. The minimum atomic E-state index is -1.06. The Balaban J connectivity index is 1.28. The lowest BCUT2D eigenvalue weighted by Crippen LogP contribution is -2.52. The van der Waals surface area contributed by atoms with Crippen LogP contribution in [0.4, 0.5) is 0 Å². The van der Waals surface area contributed by atoms with E-state index < -0.39 is 5.79 Å². The molecule has 8 unspecified atom stereocenters. The van der Waals surface area contributed by atoms with Gasteiger partial charge in [-0.2, -0.15) is 0 Å². The van der Waals surface area contributed by atoms with Crippen LogP contribution in [-0.2, 0) is 19.1 Å². The first-order valence-electron chi connectivity index (χ1n) is 14.9. The molecule has 1 amide bonds. The third kappa shape index (κ3) is 4.58. The first kappa shape index (κ1) is 27.2. The Labute approximate surface area is 223 Å². The third-order valence-electron chi connectivity index (χ3n) is 11.8. The zero-order valence-electron chi connectivity index (χ0n) is 23.8. The number of rotatable bonds is 6. The second-order valence-electron chi connectivity index (χ2n) is 13.9. The zero-order valence-corrected chi connectivity index (χ0v) is 23.8. The molecule has 208 valence electrons. The van der Waals surface area contributed by atoms with E-state index in [9.17, 15) is 14.7 Å². The summed E-state index contributed by atoms with van der Waals surface area (Å²) in [4.78, 5) is 22.8. The molecule has 0 spiro atoms. The number of esters is 1. The molecule has 11 atom stereocenters. The van der Waals surface area contributed by atoms with E-state index in [1.54, 1.807) is 6.92 Å². The molecule has 0 aromatic heterocycles. The third-order valence-corrected chi connectivity index (χ3v) is 11.8. The quantitative estimate of drug-likeness (QED) is 0.366. The van der Waals surface area contributed by atoms with Crippen LogP contribution in [0.25, 0.3) is 0 Å². The molecule has 1 saturated heterocycles. The number of allylic oxidation sites excluding steroid dienone is 1. The first-order valence-corrected chi connectivity index (χ1v) is 14.9. The Morgan fingerprint density at radius 1 is 1.22 bits per heavy atom. The van der Waals surface area contributed by atoms with E-state index in [1.165, 1.54) is 25.3 Å². The van der Waals surface area contributed by atoms with Crippen molar-refractivity contribution in [2.24, 2.45) is 46.3 Å². The maximum absolute atomic E-state index is 11.7. The van der Waals surface area contributed by atoms with Crippen LogP contribution in [0.1, 0.15) is 99.3 Å². The highest BCUT2D eigenvalue weighted by molar-refractivity contribution is 5.72. The Morgan fingerprint density at radius 3 is 2.68 bits per heavy atom. The highest BCUT2D eigenvalue weighted by atomic mass is 16.6.